The average molecular weight is 334 g/mol. The van der Waals surface area contributed by atoms with Gasteiger partial charge in [-0.05, 0) is 30.3 Å². The highest BCUT2D eigenvalue weighted by molar-refractivity contribution is 5.89. The number of rotatable bonds is 3. The SMILES string of the molecule is COC(=O)c1cccc(-n2nc(-c3ccncc3)c3c2CCNC3)c1. The van der Waals surface area contributed by atoms with Crippen molar-refractivity contribution in [3.63, 3.8) is 0 Å². The van der Waals surface area contributed by atoms with Crippen LogP contribution in [0.1, 0.15) is 21.6 Å². The van der Waals surface area contributed by atoms with Crippen LogP contribution in [0.15, 0.2) is 48.8 Å². The van der Waals surface area contributed by atoms with Gasteiger partial charge in [-0.25, -0.2) is 9.48 Å². The number of esters is 1. The van der Waals surface area contributed by atoms with Crippen molar-refractivity contribution in [2.75, 3.05) is 13.7 Å². The Morgan fingerprint density at radius 2 is 2.08 bits per heavy atom. The summed E-state index contributed by atoms with van der Waals surface area (Å²) in [5, 5.41) is 8.27. The lowest BCUT2D eigenvalue weighted by Gasteiger charge is -2.16. The number of fused-ring (bicyclic) bond motifs is 1. The first-order valence-corrected chi connectivity index (χ1v) is 8.18. The van der Waals surface area contributed by atoms with Crippen LogP contribution in [0, 0.1) is 0 Å². The molecule has 0 radical (unpaired) electrons. The third-order valence-corrected chi connectivity index (χ3v) is 4.40. The lowest BCUT2D eigenvalue weighted by atomic mass is 10.0. The zero-order chi connectivity index (χ0) is 17.2. The smallest absolute Gasteiger partial charge is 0.337 e. The van der Waals surface area contributed by atoms with Crippen molar-refractivity contribution in [2.24, 2.45) is 0 Å². The molecule has 0 atom stereocenters. The molecule has 0 saturated heterocycles. The fourth-order valence-electron chi connectivity index (χ4n) is 3.19. The number of hydrogen-bond donors (Lipinski definition) is 1. The van der Waals surface area contributed by atoms with Crippen LogP contribution >= 0.6 is 0 Å². The molecule has 3 heterocycles. The third kappa shape index (κ3) is 2.81. The number of carbonyl (C=O) groups is 1. The molecule has 4 rings (SSSR count). The van der Waals surface area contributed by atoms with Gasteiger partial charge in [-0.1, -0.05) is 6.07 Å². The second-order valence-electron chi connectivity index (χ2n) is 5.89. The minimum Gasteiger partial charge on any atom is -0.465 e. The average Bonchev–Trinajstić information content (AvgIpc) is 3.08. The van der Waals surface area contributed by atoms with E-state index in [2.05, 4.69) is 10.3 Å². The highest BCUT2D eigenvalue weighted by atomic mass is 16.5. The molecule has 6 nitrogen and oxygen atoms in total. The maximum Gasteiger partial charge on any atom is 0.337 e. The van der Waals surface area contributed by atoms with Crippen molar-refractivity contribution in [3.8, 4) is 16.9 Å². The minimum atomic E-state index is -0.348. The van der Waals surface area contributed by atoms with E-state index in [1.54, 1.807) is 18.5 Å². The molecule has 0 spiro atoms. The standard InChI is InChI=1S/C19H18N4O2/c1-25-19(24)14-3-2-4-15(11-14)23-17-7-10-21-12-16(17)18(22-23)13-5-8-20-9-6-13/h2-6,8-9,11,21H,7,10,12H2,1H3. The predicted octanol–water partition coefficient (Wildman–Crippen LogP) is 2.37. The molecule has 126 valence electrons. The van der Waals surface area contributed by atoms with E-state index in [0.717, 1.165) is 36.5 Å². The molecule has 0 aliphatic carbocycles. The molecule has 3 aromatic rings. The zero-order valence-corrected chi connectivity index (χ0v) is 13.9. The maximum atomic E-state index is 11.8. The molecule has 1 aromatic carbocycles. The Bertz CT molecular complexity index is 918. The minimum absolute atomic E-state index is 0.348. The largest absolute Gasteiger partial charge is 0.465 e. The van der Waals surface area contributed by atoms with Crippen LogP contribution in [0.5, 0.6) is 0 Å². The summed E-state index contributed by atoms with van der Waals surface area (Å²) in [5.41, 5.74) is 5.74. The number of carbonyl (C=O) groups excluding carboxylic acids is 1. The van der Waals surface area contributed by atoms with Gasteiger partial charge >= 0.3 is 5.97 Å². The number of hydrogen-bond acceptors (Lipinski definition) is 5. The molecule has 0 fully saturated rings. The van der Waals surface area contributed by atoms with Crippen molar-refractivity contribution in [1.82, 2.24) is 20.1 Å². The summed E-state index contributed by atoms with van der Waals surface area (Å²) in [7, 11) is 1.39. The molecular formula is C19H18N4O2. The highest BCUT2D eigenvalue weighted by Crippen LogP contribution is 2.29. The molecule has 25 heavy (non-hydrogen) atoms. The van der Waals surface area contributed by atoms with Crippen LogP contribution in [0.4, 0.5) is 0 Å². The lowest BCUT2D eigenvalue weighted by Crippen LogP contribution is -2.24. The van der Waals surface area contributed by atoms with E-state index >= 15 is 0 Å². The van der Waals surface area contributed by atoms with Crippen LogP contribution in [-0.4, -0.2) is 34.4 Å². The number of pyridine rings is 1. The van der Waals surface area contributed by atoms with Crippen molar-refractivity contribution >= 4 is 5.97 Å². The van der Waals surface area contributed by atoms with Crippen LogP contribution in [0.2, 0.25) is 0 Å². The van der Waals surface area contributed by atoms with E-state index in [4.69, 9.17) is 9.84 Å². The van der Waals surface area contributed by atoms with Gasteiger partial charge in [0.15, 0.2) is 0 Å². The monoisotopic (exact) mass is 334 g/mol. The lowest BCUT2D eigenvalue weighted by molar-refractivity contribution is 0.0600. The summed E-state index contributed by atoms with van der Waals surface area (Å²) < 4.78 is 6.77. The first-order chi connectivity index (χ1) is 12.3. The zero-order valence-electron chi connectivity index (χ0n) is 13.9. The van der Waals surface area contributed by atoms with Gasteiger partial charge in [0.25, 0.3) is 0 Å². The van der Waals surface area contributed by atoms with Crippen molar-refractivity contribution in [3.05, 3.63) is 65.6 Å². The number of ether oxygens (including phenoxy) is 1. The number of nitrogens with zero attached hydrogens (tertiary/aromatic N) is 3. The Balaban J connectivity index is 1.86. The quantitative estimate of drug-likeness (QED) is 0.745. The van der Waals surface area contributed by atoms with Crippen molar-refractivity contribution in [1.29, 1.82) is 0 Å². The molecule has 1 N–H and O–H groups in total. The first-order valence-electron chi connectivity index (χ1n) is 8.18. The normalized spacial score (nSPS) is 13.3. The summed E-state index contributed by atoms with van der Waals surface area (Å²) in [6, 6.07) is 11.3. The second kappa shape index (κ2) is 6.49. The van der Waals surface area contributed by atoms with E-state index in [1.165, 1.54) is 18.4 Å². The Kier molecular flexibility index (Phi) is 4.03. The van der Waals surface area contributed by atoms with E-state index in [1.807, 2.05) is 35.0 Å². The van der Waals surface area contributed by atoms with E-state index in [9.17, 15) is 4.79 Å². The Labute approximate surface area is 145 Å². The number of aromatic nitrogens is 3. The van der Waals surface area contributed by atoms with E-state index < -0.39 is 0 Å². The maximum absolute atomic E-state index is 11.8. The molecule has 1 aliphatic heterocycles. The van der Waals surface area contributed by atoms with Gasteiger partial charge in [-0.3, -0.25) is 4.98 Å². The highest BCUT2D eigenvalue weighted by Gasteiger charge is 2.22. The summed E-state index contributed by atoms with van der Waals surface area (Å²) in [6.45, 7) is 1.69. The van der Waals surface area contributed by atoms with Gasteiger partial charge in [0, 0.05) is 43.0 Å². The van der Waals surface area contributed by atoms with Crippen molar-refractivity contribution in [2.45, 2.75) is 13.0 Å². The topological polar surface area (TPSA) is 69.0 Å². The van der Waals surface area contributed by atoms with Gasteiger partial charge in [-0.15, -0.1) is 0 Å². The Morgan fingerprint density at radius 1 is 1.24 bits per heavy atom. The van der Waals surface area contributed by atoms with Gasteiger partial charge < -0.3 is 10.1 Å². The van der Waals surface area contributed by atoms with Crippen LogP contribution in [0.25, 0.3) is 16.9 Å². The predicted molar refractivity (Wildman–Crippen MR) is 93.5 cm³/mol. The molecule has 0 saturated carbocycles. The van der Waals surface area contributed by atoms with Crippen molar-refractivity contribution < 1.29 is 9.53 Å². The Morgan fingerprint density at radius 3 is 2.88 bits per heavy atom. The third-order valence-electron chi connectivity index (χ3n) is 4.40. The Hall–Kier alpha value is -2.99. The van der Waals surface area contributed by atoms with Crippen LogP contribution in [0.3, 0.4) is 0 Å². The van der Waals surface area contributed by atoms with Gasteiger partial charge in [0.2, 0.25) is 0 Å². The summed E-state index contributed by atoms with van der Waals surface area (Å²) in [6.07, 6.45) is 4.43. The molecule has 0 bridgehead atoms. The van der Waals surface area contributed by atoms with Gasteiger partial charge in [-0.2, -0.15) is 5.10 Å². The fraction of sp³-hybridized carbons (Fsp3) is 0.211. The number of benzene rings is 1. The molecule has 6 heteroatoms. The van der Waals surface area contributed by atoms with E-state index in [0.29, 0.717) is 5.56 Å². The second-order valence-corrected chi connectivity index (χ2v) is 5.89. The number of methoxy groups -OCH3 is 1. The summed E-state index contributed by atoms with van der Waals surface area (Å²) >= 11 is 0. The summed E-state index contributed by atoms with van der Waals surface area (Å²) in [4.78, 5) is 15.9. The molecule has 2 aromatic heterocycles. The van der Waals surface area contributed by atoms with E-state index in [-0.39, 0.29) is 5.97 Å². The van der Waals surface area contributed by atoms with Gasteiger partial charge in [0.1, 0.15) is 0 Å². The van der Waals surface area contributed by atoms with Gasteiger partial charge in [0.05, 0.1) is 29.7 Å². The first kappa shape index (κ1) is 15.5. The van der Waals surface area contributed by atoms with Crippen LogP contribution < -0.4 is 5.32 Å². The number of nitrogens with one attached hydrogen (secondary N) is 1. The fourth-order valence-corrected chi connectivity index (χ4v) is 3.19. The molecular weight excluding hydrogens is 316 g/mol. The molecule has 1 aliphatic rings. The molecule has 0 amide bonds. The van der Waals surface area contributed by atoms with Crippen LogP contribution in [-0.2, 0) is 17.7 Å². The summed E-state index contributed by atoms with van der Waals surface area (Å²) in [5.74, 6) is -0.348. The molecule has 0 unspecified atom stereocenters.